The number of hydrogen-bond donors (Lipinski definition) is 1. The van der Waals surface area contributed by atoms with E-state index >= 15 is 0 Å². The number of aryl methyl sites for hydroxylation is 2. The Kier molecular flexibility index (Phi) is 4.27. The molecule has 0 radical (unpaired) electrons. The summed E-state index contributed by atoms with van der Waals surface area (Å²) >= 11 is 0. The fourth-order valence-corrected chi connectivity index (χ4v) is 5.75. The van der Waals surface area contributed by atoms with Crippen molar-refractivity contribution in [2.75, 3.05) is 23.1 Å². The number of benzene rings is 1. The number of fused-ring (bicyclic) bond motifs is 2. The van der Waals surface area contributed by atoms with Gasteiger partial charge in [-0.2, -0.15) is 4.98 Å². The van der Waals surface area contributed by atoms with Gasteiger partial charge in [-0.05, 0) is 35.5 Å². The molecule has 1 aliphatic rings. The van der Waals surface area contributed by atoms with E-state index in [1.54, 1.807) is 30.2 Å². The largest absolute Gasteiger partial charge is 0.330 e. The van der Waals surface area contributed by atoms with Gasteiger partial charge < -0.3 is 5.32 Å². The summed E-state index contributed by atoms with van der Waals surface area (Å²) in [7, 11) is 2.14. The van der Waals surface area contributed by atoms with Gasteiger partial charge in [0.05, 0.1) is 29.5 Å². The monoisotopic (exact) mass is 408 g/mol. The first-order chi connectivity index (χ1) is 14.0. The van der Waals surface area contributed by atoms with E-state index in [-0.39, 0.29) is 11.7 Å². The van der Waals surface area contributed by atoms with Crippen LogP contribution in [0.2, 0.25) is 0 Å². The van der Waals surface area contributed by atoms with Crippen LogP contribution in [0.5, 0.6) is 0 Å². The molecule has 0 amide bonds. The van der Waals surface area contributed by atoms with Crippen LogP contribution in [-0.4, -0.2) is 46.8 Å². The van der Waals surface area contributed by atoms with Crippen molar-refractivity contribution in [1.82, 2.24) is 29.1 Å². The van der Waals surface area contributed by atoms with Crippen molar-refractivity contribution in [3.63, 3.8) is 0 Å². The third kappa shape index (κ3) is 3.05. The molecule has 0 saturated carbocycles. The molecule has 1 aliphatic heterocycles. The van der Waals surface area contributed by atoms with E-state index in [9.17, 15) is 4.79 Å². The summed E-state index contributed by atoms with van der Waals surface area (Å²) < 4.78 is 3.50. The first kappa shape index (κ1) is 18.1. The maximum absolute atomic E-state index is 12.9. The average Bonchev–Trinajstić information content (AvgIpc) is 3.23. The molecule has 1 N–H and O–H groups in total. The molecule has 0 spiro atoms. The van der Waals surface area contributed by atoms with E-state index in [0.29, 0.717) is 22.5 Å². The third-order valence-electron chi connectivity index (χ3n) is 5.54. The molecule has 2 unspecified atom stereocenters. The molecular formula is C20H22N7OS+. The van der Waals surface area contributed by atoms with Crippen molar-refractivity contribution in [2.24, 2.45) is 7.05 Å². The van der Waals surface area contributed by atoms with Gasteiger partial charge in [-0.25, -0.2) is 9.78 Å². The molecule has 9 heteroatoms. The highest BCUT2D eigenvalue weighted by molar-refractivity contribution is 7.96. The van der Waals surface area contributed by atoms with Gasteiger partial charge in [0.15, 0.2) is 5.65 Å². The molecule has 4 heterocycles. The summed E-state index contributed by atoms with van der Waals surface area (Å²) in [4.78, 5) is 30.8. The van der Waals surface area contributed by atoms with E-state index in [1.807, 2.05) is 23.6 Å². The topological polar surface area (TPSA) is 90.5 Å². The first-order valence-corrected chi connectivity index (χ1v) is 11.5. The van der Waals surface area contributed by atoms with Crippen LogP contribution < -0.4 is 11.0 Å². The molecule has 2 atom stereocenters. The molecule has 148 valence electrons. The summed E-state index contributed by atoms with van der Waals surface area (Å²) in [6.45, 7) is 2.01. The standard InChI is InChI=1S/C20H22N7OS/c1-12-8-15-16(22-6-5-21-15)9-14(12)24-19-23-10-17-18(25-19)27(20(28)26(17)2)13-4-7-29(3)11-13/h5-6,8-10,13H,4,7,11H2,1-3H3,(H,23,24,25)/q+1. The van der Waals surface area contributed by atoms with Gasteiger partial charge in [0, 0.05) is 31.5 Å². The van der Waals surface area contributed by atoms with Crippen LogP contribution in [0.3, 0.4) is 0 Å². The second-order valence-corrected chi connectivity index (χ2v) is 9.85. The molecule has 8 nitrogen and oxygen atoms in total. The molecule has 1 saturated heterocycles. The zero-order chi connectivity index (χ0) is 20.1. The molecule has 0 aliphatic carbocycles. The lowest BCUT2D eigenvalue weighted by Crippen LogP contribution is -2.27. The van der Waals surface area contributed by atoms with Gasteiger partial charge in [0.2, 0.25) is 5.95 Å². The summed E-state index contributed by atoms with van der Waals surface area (Å²) in [6.07, 6.45) is 8.37. The maximum Gasteiger partial charge on any atom is 0.330 e. The molecule has 4 aromatic rings. The van der Waals surface area contributed by atoms with Crippen molar-refractivity contribution < 1.29 is 0 Å². The minimum absolute atomic E-state index is 0.0208. The number of hydrogen-bond acceptors (Lipinski definition) is 6. The van der Waals surface area contributed by atoms with E-state index < -0.39 is 0 Å². The van der Waals surface area contributed by atoms with Crippen LogP contribution in [-0.2, 0) is 17.9 Å². The third-order valence-corrected chi connectivity index (χ3v) is 7.42. The summed E-state index contributed by atoms with van der Waals surface area (Å²) in [5.41, 5.74) is 4.98. The minimum Gasteiger partial charge on any atom is -0.324 e. The molecule has 5 rings (SSSR count). The minimum atomic E-state index is -0.0208. The van der Waals surface area contributed by atoms with Crippen molar-refractivity contribution in [2.45, 2.75) is 19.4 Å². The zero-order valence-electron chi connectivity index (χ0n) is 16.6. The van der Waals surface area contributed by atoms with Crippen molar-refractivity contribution in [1.29, 1.82) is 0 Å². The summed E-state index contributed by atoms with van der Waals surface area (Å²) in [6, 6.07) is 4.14. The summed E-state index contributed by atoms with van der Waals surface area (Å²) in [5, 5.41) is 3.30. The van der Waals surface area contributed by atoms with E-state index in [0.717, 1.165) is 40.0 Å². The number of rotatable bonds is 3. The van der Waals surface area contributed by atoms with Crippen LogP contribution in [0.4, 0.5) is 11.6 Å². The maximum atomic E-state index is 12.9. The normalized spacial score (nSPS) is 19.3. The Balaban J connectivity index is 1.58. The average molecular weight is 409 g/mol. The Morgan fingerprint density at radius 2 is 1.93 bits per heavy atom. The zero-order valence-corrected chi connectivity index (χ0v) is 17.4. The van der Waals surface area contributed by atoms with Gasteiger partial charge in [-0.3, -0.25) is 19.1 Å². The highest BCUT2D eigenvalue weighted by Crippen LogP contribution is 2.27. The van der Waals surface area contributed by atoms with Crippen LogP contribution in [0.25, 0.3) is 22.2 Å². The number of nitrogens with zero attached hydrogens (tertiary/aromatic N) is 6. The Labute approximate surface area is 170 Å². The van der Waals surface area contributed by atoms with Gasteiger partial charge in [-0.1, -0.05) is 0 Å². The first-order valence-electron chi connectivity index (χ1n) is 9.53. The number of aromatic nitrogens is 6. The molecule has 1 aromatic carbocycles. The second-order valence-electron chi connectivity index (χ2n) is 7.55. The lowest BCUT2D eigenvalue weighted by Gasteiger charge is -2.11. The van der Waals surface area contributed by atoms with Crippen LogP contribution in [0, 0.1) is 6.92 Å². The van der Waals surface area contributed by atoms with Crippen LogP contribution >= 0.6 is 0 Å². The van der Waals surface area contributed by atoms with Crippen molar-refractivity contribution >= 4 is 44.7 Å². The Hall–Kier alpha value is -2.94. The Morgan fingerprint density at radius 3 is 2.66 bits per heavy atom. The van der Waals surface area contributed by atoms with Crippen molar-refractivity contribution in [3.05, 3.63) is 46.8 Å². The smallest absolute Gasteiger partial charge is 0.324 e. The highest BCUT2D eigenvalue weighted by atomic mass is 32.2. The van der Waals surface area contributed by atoms with Gasteiger partial charge in [0.25, 0.3) is 0 Å². The Morgan fingerprint density at radius 1 is 1.17 bits per heavy atom. The van der Waals surface area contributed by atoms with Crippen molar-refractivity contribution in [3.8, 4) is 0 Å². The van der Waals surface area contributed by atoms with Crippen LogP contribution in [0.1, 0.15) is 18.0 Å². The molecule has 3 aromatic heterocycles. The molecular weight excluding hydrogens is 386 g/mol. The lowest BCUT2D eigenvalue weighted by atomic mass is 10.1. The fourth-order valence-electron chi connectivity index (χ4n) is 3.93. The van der Waals surface area contributed by atoms with Gasteiger partial charge in [0.1, 0.15) is 17.0 Å². The summed E-state index contributed by atoms with van der Waals surface area (Å²) in [5.74, 6) is 2.67. The number of anilines is 2. The second kappa shape index (κ2) is 6.84. The molecule has 29 heavy (non-hydrogen) atoms. The lowest BCUT2D eigenvalue weighted by molar-refractivity contribution is 0.544. The SMILES string of the molecule is Cc1cc2nccnc2cc1Nc1ncc2c(n1)n(C1CC[S+](C)C1)c(=O)n2C. The van der Waals surface area contributed by atoms with Crippen LogP contribution in [0.15, 0.2) is 35.5 Å². The highest BCUT2D eigenvalue weighted by Gasteiger charge is 2.33. The fraction of sp³-hybridized carbons (Fsp3) is 0.350. The molecule has 1 fully saturated rings. The van der Waals surface area contributed by atoms with E-state index in [4.69, 9.17) is 4.98 Å². The number of imidazole rings is 1. The Bertz CT molecular complexity index is 1300. The predicted octanol–water partition coefficient (Wildman–Crippen LogP) is 2.32. The van der Waals surface area contributed by atoms with E-state index in [2.05, 4.69) is 26.5 Å². The van der Waals surface area contributed by atoms with Gasteiger partial charge >= 0.3 is 5.69 Å². The van der Waals surface area contributed by atoms with Gasteiger partial charge in [-0.15, -0.1) is 0 Å². The number of nitrogens with one attached hydrogen (secondary N) is 1. The molecule has 0 bridgehead atoms. The quantitative estimate of drug-likeness (QED) is 0.523. The van der Waals surface area contributed by atoms with E-state index in [1.165, 1.54) is 5.75 Å². The predicted molar refractivity (Wildman–Crippen MR) is 117 cm³/mol.